The van der Waals surface area contributed by atoms with Gasteiger partial charge in [0.2, 0.25) is 5.89 Å². The number of oxazole rings is 1. The van der Waals surface area contributed by atoms with Crippen LogP contribution in [-0.4, -0.2) is 23.9 Å². The number of hydrogen-bond acceptors (Lipinski definition) is 5. The number of nitrogens with zero attached hydrogens (tertiary/aromatic N) is 2. The average Bonchev–Trinajstić information content (AvgIpc) is 2.89. The van der Waals surface area contributed by atoms with Crippen LogP contribution in [0.25, 0.3) is 22.7 Å². The van der Waals surface area contributed by atoms with Crippen LogP contribution in [0.4, 0.5) is 13.2 Å². The van der Waals surface area contributed by atoms with Gasteiger partial charge in [0.1, 0.15) is 16.4 Å². The quantitative estimate of drug-likeness (QED) is 0.648. The minimum atomic E-state index is -5.45. The van der Waals surface area contributed by atoms with Crippen molar-refractivity contribution in [1.82, 2.24) is 9.97 Å². The summed E-state index contributed by atoms with van der Waals surface area (Å²) in [7, 11) is -5.45. The van der Waals surface area contributed by atoms with E-state index in [0.29, 0.717) is 0 Å². The number of alkyl halides is 3. The molecule has 23 heavy (non-hydrogen) atoms. The zero-order valence-electron chi connectivity index (χ0n) is 11.0. The Morgan fingerprint density at radius 3 is 2.48 bits per heavy atom. The first-order valence-corrected chi connectivity index (χ1v) is 7.89. The maximum atomic E-state index is 12.6. The minimum absolute atomic E-state index is 0.0176. The maximum Gasteiger partial charge on any atom is 0.501 e. The maximum absolute atomic E-state index is 12.6. The minimum Gasteiger partial charge on any atom is -0.435 e. The van der Waals surface area contributed by atoms with Gasteiger partial charge in [-0.25, -0.2) is 18.4 Å². The highest BCUT2D eigenvalue weighted by Crippen LogP contribution is 2.32. The van der Waals surface area contributed by atoms with Gasteiger partial charge in [0.25, 0.3) is 9.84 Å². The van der Waals surface area contributed by atoms with Crippen molar-refractivity contribution in [1.29, 1.82) is 0 Å². The molecule has 0 aliphatic heterocycles. The number of sulfone groups is 1. The van der Waals surface area contributed by atoms with Crippen LogP contribution in [0.5, 0.6) is 0 Å². The second kappa shape index (κ2) is 5.20. The number of pyridine rings is 1. The third-order valence-corrected chi connectivity index (χ3v) is 4.60. The fraction of sp³-hybridized carbons (Fsp3) is 0.0769. The normalized spacial score (nSPS) is 12.7. The Hall–Kier alpha value is -2.13. The lowest BCUT2D eigenvalue weighted by Crippen LogP contribution is -2.23. The molecule has 0 atom stereocenters. The largest absolute Gasteiger partial charge is 0.501 e. The van der Waals surface area contributed by atoms with Gasteiger partial charge in [-0.05, 0) is 30.3 Å². The fourth-order valence-electron chi connectivity index (χ4n) is 1.84. The van der Waals surface area contributed by atoms with Crippen molar-refractivity contribution >= 4 is 32.5 Å². The van der Waals surface area contributed by atoms with Gasteiger partial charge >= 0.3 is 5.51 Å². The molecule has 0 N–H and O–H groups in total. The Labute approximate surface area is 132 Å². The van der Waals surface area contributed by atoms with Gasteiger partial charge in [0, 0.05) is 0 Å². The molecule has 0 saturated carbocycles. The summed E-state index contributed by atoms with van der Waals surface area (Å²) in [5.74, 6) is 0.0176. The van der Waals surface area contributed by atoms with Crippen molar-refractivity contribution in [2.24, 2.45) is 0 Å². The predicted molar refractivity (Wildman–Crippen MR) is 75.5 cm³/mol. The first-order valence-electron chi connectivity index (χ1n) is 6.03. The molecule has 2 heterocycles. The average molecular weight is 363 g/mol. The highest BCUT2D eigenvalue weighted by atomic mass is 35.5. The third-order valence-electron chi connectivity index (χ3n) is 2.91. The van der Waals surface area contributed by atoms with E-state index >= 15 is 0 Å². The Bertz CT molecular complexity index is 999. The smallest absolute Gasteiger partial charge is 0.435 e. The van der Waals surface area contributed by atoms with Gasteiger partial charge < -0.3 is 4.42 Å². The van der Waals surface area contributed by atoms with Crippen LogP contribution in [0.15, 0.2) is 45.7 Å². The lowest BCUT2D eigenvalue weighted by Gasteiger charge is -2.07. The van der Waals surface area contributed by atoms with E-state index in [-0.39, 0.29) is 27.8 Å². The van der Waals surface area contributed by atoms with Crippen LogP contribution in [0.3, 0.4) is 0 Å². The van der Waals surface area contributed by atoms with Gasteiger partial charge in [0.15, 0.2) is 5.58 Å². The Morgan fingerprint density at radius 2 is 1.83 bits per heavy atom. The van der Waals surface area contributed by atoms with Crippen molar-refractivity contribution in [3.8, 4) is 11.6 Å². The van der Waals surface area contributed by atoms with Crippen molar-refractivity contribution < 1.29 is 26.0 Å². The topological polar surface area (TPSA) is 73.1 Å². The van der Waals surface area contributed by atoms with E-state index in [4.69, 9.17) is 16.0 Å². The summed E-state index contributed by atoms with van der Waals surface area (Å²) in [5.41, 5.74) is -5.02. The SMILES string of the molecule is O=S(=O)(c1ccc2oc(-c3cccc(Cl)n3)nc2c1)C(F)(F)F. The molecule has 1 aromatic carbocycles. The molecule has 0 amide bonds. The van der Waals surface area contributed by atoms with E-state index in [1.807, 2.05) is 0 Å². The van der Waals surface area contributed by atoms with Gasteiger partial charge in [-0.3, -0.25) is 0 Å². The zero-order valence-corrected chi connectivity index (χ0v) is 12.6. The first kappa shape index (κ1) is 15.8. The van der Waals surface area contributed by atoms with Crippen LogP contribution in [0, 0.1) is 0 Å². The molecule has 0 radical (unpaired) electrons. The Balaban J connectivity index is 2.12. The van der Waals surface area contributed by atoms with Crippen LogP contribution in [0.2, 0.25) is 5.15 Å². The summed E-state index contributed by atoms with van der Waals surface area (Å²) in [4.78, 5) is 7.01. The van der Waals surface area contributed by atoms with Gasteiger partial charge in [-0.15, -0.1) is 0 Å². The summed E-state index contributed by atoms with van der Waals surface area (Å²) in [6.45, 7) is 0. The van der Waals surface area contributed by atoms with E-state index in [0.717, 1.165) is 18.2 Å². The number of fused-ring (bicyclic) bond motifs is 1. The summed E-state index contributed by atoms with van der Waals surface area (Å²) in [6, 6.07) is 7.39. The lowest BCUT2D eigenvalue weighted by molar-refractivity contribution is -0.0435. The van der Waals surface area contributed by atoms with Crippen LogP contribution in [-0.2, 0) is 9.84 Å². The monoisotopic (exact) mass is 362 g/mol. The Kier molecular flexibility index (Phi) is 3.56. The molecule has 0 bridgehead atoms. The van der Waals surface area contributed by atoms with E-state index < -0.39 is 20.2 Å². The van der Waals surface area contributed by atoms with Crippen LogP contribution >= 0.6 is 11.6 Å². The van der Waals surface area contributed by atoms with E-state index in [1.54, 1.807) is 12.1 Å². The molecule has 3 rings (SSSR count). The molecule has 0 aliphatic carbocycles. The van der Waals surface area contributed by atoms with Gasteiger partial charge in [-0.2, -0.15) is 13.2 Å². The van der Waals surface area contributed by atoms with Crippen molar-refractivity contribution in [2.75, 3.05) is 0 Å². The highest BCUT2D eigenvalue weighted by molar-refractivity contribution is 7.92. The second-order valence-electron chi connectivity index (χ2n) is 4.44. The van der Waals surface area contributed by atoms with E-state index in [1.165, 1.54) is 6.07 Å². The van der Waals surface area contributed by atoms with Crippen molar-refractivity contribution in [3.05, 3.63) is 41.6 Å². The van der Waals surface area contributed by atoms with E-state index in [9.17, 15) is 21.6 Å². The van der Waals surface area contributed by atoms with Crippen molar-refractivity contribution in [3.63, 3.8) is 0 Å². The number of aromatic nitrogens is 2. The number of rotatable bonds is 2. The van der Waals surface area contributed by atoms with Gasteiger partial charge in [-0.1, -0.05) is 17.7 Å². The molecular weight excluding hydrogens is 357 g/mol. The van der Waals surface area contributed by atoms with Crippen molar-refractivity contribution in [2.45, 2.75) is 10.4 Å². The molecule has 10 heteroatoms. The van der Waals surface area contributed by atoms with E-state index in [2.05, 4.69) is 9.97 Å². The fourth-order valence-corrected chi connectivity index (χ4v) is 2.79. The molecule has 0 fully saturated rings. The molecule has 120 valence electrons. The summed E-state index contributed by atoms with van der Waals surface area (Å²) in [6.07, 6.45) is 0. The molecule has 3 aromatic rings. The molecule has 2 aromatic heterocycles. The summed E-state index contributed by atoms with van der Waals surface area (Å²) >= 11 is 5.74. The van der Waals surface area contributed by atoms with Crippen LogP contribution < -0.4 is 0 Å². The number of benzene rings is 1. The molecular formula is C13H6ClF3N2O3S. The number of halogens is 4. The molecule has 0 saturated heterocycles. The third kappa shape index (κ3) is 2.77. The predicted octanol–water partition coefficient (Wildman–Crippen LogP) is 3.84. The standard InChI is InChI=1S/C13H6ClF3N2O3S/c14-11-3-1-2-8(18-11)12-19-9-6-7(4-5-10(9)22-12)23(20,21)13(15,16)17/h1-6H. The highest BCUT2D eigenvalue weighted by Gasteiger charge is 2.47. The summed E-state index contributed by atoms with van der Waals surface area (Å²) < 4.78 is 65.9. The Morgan fingerprint density at radius 1 is 1.09 bits per heavy atom. The molecule has 0 aliphatic rings. The zero-order chi connectivity index (χ0) is 16.8. The molecule has 0 spiro atoms. The van der Waals surface area contributed by atoms with Crippen LogP contribution in [0.1, 0.15) is 0 Å². The lowest BCUT2D eigenvalue weighted by atomic mass is 10.3. The first-order chi connectivity index (χ1) is 10.7. The summed E-state index contributed by atoms with van der Waals surface area (Å²) in [5, 5.41) is 0.185. The molecule has 5 nitrogen and oxygen atoms in total. The number of hydrogen-bond donors (Lipinski definition) is 0. The molecule has 0 unspecified atom stereocenters. The van der Waals surface area contributed by atoms with Gasteiger partial charge in [0.05, 0.1) is 4.90 Å². The second-order valence-corrected chi connectivity index (χ2v) is 6.77.